The Bertz CT molecular complexity index is 1020. The van der Waals surface area contributed by atoms with Gasteiger partial charge in [-0.3, -0.25) is 9.69 Å². The first-order chi connectivity index (χ1) is 15.0. The third kappa shape index (κ3) is 6.32. The number of rotatable bonds is 7. The number of nitrogens with zero attached hydrogens (tertiary/aromatic N) is 3. The van der Waals surface area contributed by atoms with Gasteiger partial charge < -0.3 is 9.73 Å². The van der Waals surface area contributed by atoms with Gasteiger partial charge >= 0.3 is 0 Å². The number of aromatic nitrogens is 2. The number of nitrogens with one attached hydrogen (secondary N) is 1. The fourth-order valence-corrected chi connectivity index (χ4v) is 4.38. The number of carbonyl (C=O) groups excluding carboxylic acids is 1. The number of amides is 1. The molecule has 0 saturated carbocycles. The van der Waals surface area contributed by atoms with Crippen LogP contribution in [0.15, 0.2) is 58.2 Å². The minimum Gasteiger partial charge on any atom is -0.411 e. The van der Waals surface area contributed by atoms with Gasteiger partial charge in [0, 0.05) is 36.3 Å². The Morgan fingerprint density at radius 2 is 1.97 bits per heavy atom. The molecule has 0 bridgehead atoms. The topological polar surface area (TPSA) is 71.3 Å². The predicted molar refractivity (Wildman–Crippen MR) is 123 cm³/mol. The molecule has 1 amide bonds. The SMILES string of the molecule is Cc1cccc(CN2CCC(NC(=O)CSc3nnc(-c4ccc(Cl)cc4)o3)CC2)c1. The minimum atomic E-state index is -0.00613. The van der Waals surface area contributed by atoms with Gasteiger partial charge in [-0.15, -0.1) is 10.2 Å². The van der Waals surface area contributed by atoms with E-state index >= 15 is 0 Å². The fourth-order valence-electron chi connectivity index (χ4n) is 3.68. The molecular formula is C23H25ClN4O2S. The van der Waals surface area contributed by atoms with Crippen molar-refractivity contribution < 1.29 is 9.21 Å². The number of carbonyl (C=O) groups is 1. The average Bonchev–Trinajstić information content (AvgIpc) is 3.23. The summed E-state index contributed by atoms with van der Waals surface area (Å²) >= 11 is 7.15. The van der Waals surface area contributed by atoms with Crippen LogP contribution in [0.5, 0.6) is 0 Å². The van der Waals surface area contributed by atoms with Gasteiger partial charge in [0.25, 0.3) is 5.22 Å². The molecule has 3 aromatic rings. The molecule has 0 aliphatic carbocycles. The summed E-state index contributed by atoms with van der Waals surface area (Å²) in [4.78, 5) is 14.8. The summed E-state index contributed by atoms with van der Waals surface area (Å²) < 4.78 is 5.64. The van der Waals surface area contributed by atoms with Gasteiger partial charge in [0.05, 0.1) is 5.75 Å². The second-order valence-corrected chi connectivity index (χ2v) is 9.14. The molecule has 0 spiro atoms. The summed E-state index contributed by atoms with van der Waals surface area (Å²) in [5, 5.41) is 12.2. The predicted octanol–water partition coefficient (Wildman–Crippen LogP) is 4.57. The first-order valence-electron chi connectivity index (χ1n) is 10.3. The summed E-state index contributed by atoms with van der Waals surface area (Å²) in [6, 6.07) is 16.0. The summed E-state index contributed by atoms with van der Waals surface area (Å²) in [6.45, 7) is 5.06. The molecule has 1 aromatic heterocycles. The molecule has 0 radical (unpaired) electrons. The number of halogens is 1. The lowest BCUT2D eigenvalue weighted by Gasteiger charge is -2.32. The van der Waals surface area contributed by atoms with Crippen LogP contribution in [0.25, 0.3) is 11.5 Å². The fraction of sp³-hybridized carbons (Fsp3) is 0.348. The molecule has 0 atom stereocenters. The average molecular weight is 457 g/mol. The van der Waals surface area contributed by atoms with Crippen LogP contribution in [-0.2, 0) is 11.3 Å². The molecule has 1 fully saturated rings. The van der Waals surface area contributed by atoms with Gasteiger partial charge in [0.15, 0.2) is 0 Å². The largest absolute Gasteiger partial charge is 0.411 e. The van der Waals surface area contributed by atoms with Crippen LogP contribution >= 0.6 is 23.4 Å². The maximum Gasteiger partial charge on any atom is 0.277 e. The number of aryl methyl sites for hydroxylation is 1. The van der Waals surface area contributed by atoms with Crippen molar-refractivity contribution in [3.8, 4) is 11.5 Å². The molecule has 1 aliphatic heterocycles. The van der Waals surface area contributed by atoms with E-state index in [9.17, 15) is 4.79 Å². The Hall–Kier alpha value is -2.35. The van der Waals surface area contributed by atoms with Crippen LogP contribution in [0.1, 0.15) is 24.0 Å². The van der Waals surface area contributed by atoms with Crippen LogP contribution in [0.2, 0.25) is 5.02 Å². The molecule has 162 valence electrons. The Morgan fingerprint density at radius 1 is 1.19 bits per heavy atom. The van der Waals surface area contributed by atoms with Crippen molar-refractivity contribution in [1.29, 1.82) is 0 Å². The zero-order valence-electron chi connectivity index (χ0n) is 17.4. The third-order valence-electron chi connectivity index (χ3n) is 5.27. The van der Waals surface area contributed by atoms with E-state index in [1.165, 1.54) is 22.9 Å². The molecule has 2 heterocycles. The summed E-state index contributed by atoms with van der Waals surface area (Å²) in [7, 11) is 0. The maximum atomic E-state index is 12.4. The highest BCUT2D eigenvalue weighted by atomic mass is 35.5. The van der Waals surface area contributed by atoms with Crippen molar-refractivity contribution in [3.63, 3.8) is 0 Å². The van der Waals surface area contributed by atoms with Crippen LogP contribution in [-0.4, -0.2) is 45.9 Å². The summed E-state index contributed by atoms with van der Waals surface area (Å²) in [5.41, 5.74) is 3.43. The van der Waals surface area contributed by atoms with E-state index in [-0.39, 0.29) is 17.7 Å². The molecule has 31 heavy (non-hydrogen) atoms. The highest BCUT2D eigenvalue weighted by Crippen LogP contribution is 2.24. The third-order valence-corrected chi connectivity index (χ3v) is 6.34. The van der Waals surface area contributed by atoms with Crippen LogP contribution in [0.3, 0.4) is 0 Å². The number of benzene rings is 2. The minimum absolute atomic E-state index is 0.00613. The van der Waals surface area contributed by atoms with E-state index in [2.05, 4.69) is 51.6 Å². The molecule has 6 nitrogen and oxygen atoms in total. The van der Waals surface area contributed by atoms with E-state index < -0.39 is 0 Å². The number of thioether (sulfide) groups is 1. The Balaban J connectivity index is 1.19. The van der Waals surface area contributed by atoms with Crippen molar-refractivity contribution in [3.05, 3.63) is 64.7 Å². The second kappa shape index (κ2) is 10.3. The maximum absolute atomic E-state index is 12.4. The van der Waals surface area contributed by atoms with Gasteiger partial charge in [-0.25, -0.2) is 0 Å². The van der Waals surface area contributed by atoms with E-state index in [1.807, 2.05) is 12.1 Å². The molecule has 1 aliphatic rings. The molecule has 1 N–H and O–H groups in total. The number of hydrogen-bond acceptors (Lipinski definition) is 6. The van der Waals surface area contributed by atoms with Crippen molar-refractivity contribution >= 4 is 29.3 Å². The van der Waals surface area contributed by atoms with Gasteiger partial charge in [-0.1, -0.05) is 53.2 Å². The van der Waals surface area contributed by atoms with Gasteiger partial charge in [-0.2, -0.15) is 0 Å². The zero-order chi connectivity index (χ0) is 21.6. The van der Waals surface area contributed by atoms with Gasteiger partial charge in [-0.05, 0) is 49.6 Å². The monoisotopic (exact) mass is 456 g/mol. The van der Waals surface area contributed by atoms with E-state index in [1.54, 1.807) is 12.1 Å². The lowest BCUT2D eigenvalue weighted by Crippen LogP contribution is -2.44. The smallest absolute Gasteiger partial charge is 0.277 e. The van der Waals surface area contributed by atoms with E-state index in [0.717, 1.165) is 38.0 Å². The molecule has 4 rings (SSSR count). The second-order valence-electron chi connectivity index (χ2n) is 7.78. The first kappa shape index (κ1) is 21.9. The Morgan fingerprint density at radius 3 is 2.71 bits per heavy atom. The van der Waals surface area contributed by atoms with Crippen molar-refractivity contribution in [2.24, 2.45) is 0 Å². The molecule has 0 unspecified atom stereocenters. The Labute approximate surface area is 191 Å². The number of hydrogen-bond donors (Lipinski definition) is 1. The van der Waals surface area contributed by atoms with Crippen LogP contribution < -0.4 is 5.32 Å². The molecule has 8 heteroatoms. The summed E-state index contributed by atoms with van der Waals surface area (Å²) in [5.74, 6) is 0.667. The highest BCUT2D eigenvalue weighted by molar-refractivity contribution is 7.99. The van der Waals surface area contributed by atoms with E-state index in [0.29, 0.717) is 16.1 Å². The lowest BCUT2D eigenvalue weighted by atomic mass is 10.0. The molecule has 1 saturated heterocycles. The van der Waals surface area contributed by atoms with Gasteiger partial charge in [0.1, 0.15) is 0 Å². The van der Waals surface area contributed by atoms with Crippen molar-refractivity contribution in [2.45, 2.75) is 37.6 Å². The highest BCUT2D eigenvalue weighted by Gasteiger charge is 2.21. The van der Waals surface area contributed by atoms with Crippen molar-refractivity contribution in [1.82, 2.24) is 20.4 Å². The summed E-state index contributed by atoms with van der Waals surface area (Å²) in [6.07, 6.45) is 1.92. The number of piperidine rings is 1. The molecular weight excluding hydrogens is 432 g/mol. The Kier molecular flexibility index (Phi) is 7.27. The zero-order valence-corrected chi connectivity index (χ0v) is 19.0. The van der Waals surface area contributed by atoms with Crippen molar-refractivity contribution in [2.75, 3.05) is 18.8 Å². The standard InChI is InChI=1S/C23H25ClN4O2S/c1-16-3-2-4-17(13-16)14-28-11-9-20(10-12-28)25-21(29)15-31-23-27-26-22(30-23)18-5-7-19(24)8-6-18/h2-8,13,20H,9-12,14-15H2,1H3,(H,25,29). The van der Waals surface area contributed by atoms with Crippen LogP contribution in [0, 0.1) is 6.92 Å². The normalized spacial score (nSPS) is 15.2. The quantitative estimate of drug-likeness (QED) is 0.525. The lowest BCUT2D eigenvalue weighted by molar-refractivity contribution is -0.119. The first-order valence-corrected chi connectivity index (χ1v) is 11.7. The molecule has 2 aromatic carbocycles. The van der Waals surface area contributed by atoms with E-state index in [4.69, 9.17) is 16.0 Å². The van der Waals surface area contributed by atoms with Crippen LogP contribution in [0.4, 0.5) is 0 Å². The van der Waals surface area contributed by atoms with Gasteiger partial charge in [0.2, 0.25) is 11.8 Å². The number of likely N-dealkylation sites (tertiary alicyclic amines) is 1.